The highest BCUT2D eigenvalue weighted by Gasteiger charge is 2.46. The Morgan fingerprint density at radius 2 is 2.05 bits per heavy atom. The van der Waals surface area contributed by atoms with Gasteiger partial charge in [-0.3, -0.25) is 4.79 Å². The number of hydrogen-bond acceptors (Lipinski definition) is 3. The lowest BCUT2D eigenvalue weighted by Gasteiger charge is -2.36. The Hall–Kier alpha value is -2.18. The molecular formula is C15H16F3NO3. The zero-order valence-corrected chi connectivity index (χ0v) is 12.2. The number of ether oxygens (including phenoxy) is 2. The molecular weight excluding hydrogens is 299 g/mol. The fraction of sp³-hybridized carbons (Fsp3) is 0.400. The van der Waals surface area contributed by atoms with Gasteiger partial charge in [0.25, 0.3) is 0 Å². The predicted octanol–water partition coefficient (Wildman–Crippen LogP) is 2.88. The fourth-order valence-electron chi connectivity index (χ4n) is 2.66. The number of carbonyl (C=O) groups excluding carboxylic acids is 1. The smallest absolute Gasteiger partial charge is 0.471 e. The molecule has 0 aliphatic carbocycles. The molecule has 2 rings (SSSR count). The molecule has 1 unspecified atom stereocenters. The summed E-state index contributed by atoms with van der Waals surface area (Å²) in [6, 6.07) is 2.43. The summed E-state index contributed by atoms with van der Waals surface area (Å²) in [4.78, 5) is 12.4. The minimum atomic E-state index is -4.92. The molecule has 0 aromatic heterocycles. The average molecular weight is 315 g/mol. The Kier molecular flexibility index (Phi) is 4.35. The van der Waals surface area contributed by atoms with Gasteiger partial charge in [-0.25, -0.2) is 0 Å². The third-order valence-corrected chi connectivity index (χ3v) is 3.64. The van der Waals surface area contributed by atoms with E-state index in [0.29, 0.717) is 17.1 Å². The molecule has 1 aliphatic heterocycles. The Balaban J connectivity index is 2.52. The number of halogens is 3. The molecule has 22 heavy (non-hydrogen) atoms. The van der Waals surface area contributed by atoms with Crippen molar-refractivity contribution in [1.82, 2.24) is 4.90 Å². The highest BCUT2D eigenvalue weighted by molar-refractivity contribution is 5.83. The number of nitrogens with zero attached hydrogens (tertiary/aromatic N) is 1. The van der Waals surface area contributed by atoms with Gasteiger partial charge in [-0.2, -0.15) is 13.2 Å². The van der Waals surface area contributed by atoms with E-state index in [2.05, 4.69) is 6.58 Å². The van der Waals surface area contributed by atoms with E-state index in [1.54, 1.807) is 12.1 Å². The molecule has 1 aliphatic rings. The molecule has 120 valence electrons. The summed E-state index contributed by atoms with van der Waals surface area (Å²) < 4.78 is 48.6. The maximum absolute atomic E-state index is 12.7. The normalized spacial score (nSPS) is 17.7. The third-order valence-electron chi connectivity index (χ3n) is 3.64. The Bertz CT molecular complexity index is 581. The highest BCUT2D eigenvalue weighted by atomic mass is 19.4. The molecule has 1 aromatic carbocycles. The second kappa shape index (κ2) is 5.90. The van der Waals surface area contributed by atoms with Gasteiger partial charge < -0.3 is 14.4 Å². The minimum Gasteiger partial charge on any atom is -0.497 e. The van der Waals surface area contributed by atoms with Crippen molar-refractivity contribution in [3.05, 3.63) is 35.9 Å². The molecule has 0 bridgehead atoms. The highest BCUT2D eigenvalue weighted by Crippen LogP contribution is 2.41. The summed E-state index contributed by atoms with van der Waals surface area (Å²) in [5, 5.41) is 0. The van der Waals surface area contributed by atoms with Crippen LogP contribution in [0.3, 0.4) is 0 Å². The van der Waals surface area contributed by atoms with E-state index in [-0.39, 0.29) is 13.0 Å². The number of fused-ring (bicyclic) bond motifs is 1. The van der Waals surface area contributed by atoms with Crippen LogP contribution < -0.4 is 9.47 Å². The SMILES string of the molecule is C=CC1c2c(cc(OC)cc2OC)CCN1C(=O)C(F)(F)F. The molecule has 4 nitrogen and oxygen atoms in total. The summed E-state index contributed by atoms with van der Waals surface area (Å²) in [5.74, 6) is -0.950. The number of amides is 1. The number of rotatable bonds is 3. The second-order valence-electron chi connectivity index (χ2n) is 4.83. The lowest BCUT2D eigenvalue weighted by molar-refractivity contribution is -0.187. The maximum atomic E-state index is 12.7. The van der Waals surface area contributed by atoms with Crippen LogP contribution in [0.15, 0.2) is 24.8 Å². The summed E-state index contributed by atoms with van der Waals surface area (Å²) in [7, 11) is 2.91. The molecule has 0 radical (unpaired) electrons. The van der Waals surface area contributed by atoms with Crippen LogP contribution in [0.25, 0.3) is 0 Å². The lowest BCUT2D eigenvalue weighted by Crippen LogP contribution is -2.46. The first-order valence-electron chi connectivity index (χ1n) is 6.58. The monoisotopic (exact) mass is 315 g/mol. The van der Waals surface area contributed by atoms with E-state index in [1.807, 2.05) is 0 Å². The van der Waals surface area contributed by atoms with E-state index in [0.717, 1.165) is 10.5 Å². The molecule has 1 aromatic rings. The predicted molar refractivity (Wildman–Crippen MR) is 74.0 cm³/mol. The van der Waals surface area contributed by atoms with E-state index in [1.165, 1.54) is 20.3 Å². The van der Waals surface area contributed by atoms with E-state index < -0.39 is 18.1 Å². The van der Waals surface area contributed by atoms with Crippen molar-refractivity contribution in [3.63, 3.8) is 0 Å². The van der Waals surface area contributed by atoms with Crippen molar-refractivity contribution in [2.75, 3.05) is 20.8 Å². The first kappa shape index (κ1) is 16.2. The second-order valence-corrected chi connectivity index (χ2v) is 4.83. The van der Waals surface area contributed by atoms with Gasteiger partial charge in [0, 0.05) is 18.2 Å². The van der Waals surface area contributed by atoms with Crippen LogP contribution >= 0.6 is 0 Å². The van der Waals surface area contributed by atoms with Gasteiger partial charge in [-0.05, 0) is 18.1 Å². The van der Waals surface area contributed by atoms with Crippen LogP contribution in [0, 0.1) is 0 Å². The van der Waals surface area contributed by atoms with Crippen molar-refractivity contribution in [3.8, 4) is 11.5 Å². The van der Waals surface area contributed by atoms with Gasteiger partial charge in [-0.15, -0.1) is 6.58 Å². The molecule has 0 saturated heterocycles. The van der Waals surface area contributed by atoms with Gasteiger partial charge >= 0.3 is 12.1 Å². The van der Waals surface area contributed by atoms with Gasteiger partial charge in [0.2, 0.25) is 0 Å². The standard InChI is InChI=1S/C15H16F3NO3/c1-4-11-13-9(7-10(21-2)8-12(13)22-3)5-6-19(11)14(20)15(16,17)18/h4,7-8,11H,1,5-6H2,2-3H3. The van der Waals surface area contributed by atoms with E-state index in [4.69, 9.17) is 9.47 Å². The molecule has 1 atom stereocenters. The van der Waals surface area contributed by atoms with Gasteiger partial charge in [-0.1, -0.05) is 6.08 Å². The molecule has 0 saturated carbocycles. The number of hydrogen-bond donors (Lipinski definition) is 0. The molecule has 1 heterocycles. The van der Waals surface area contributed by atoms with Crippen molar-refractivity contribution in [2.24, 2.45) is 0 Å². The van der Waals surface area contributed by atoms with Crippen molar-refractivity contribution >= 4 is 5.91 Å². The quantitative estimate of drug-likeness (QED) is 0.805. The number of benzene rings is 1. The van der Waals surface area contributed by atoms with E-state index >= 15 is 0 Å². The Morgan fingerprint density at radius 1 is 1.36 bits per heavy atom. The molecule has 0 N–H and O–H groups in total. The van der Waals surface area contributed by atoms with Crippen LogP contribution in [0.2, 0.25) is 0 Å². The molecule has 1 amide bonds. The van der Waals surface area contributed by atoms with Crippen LogP contribution in [-0.4, -0.2) is 37.7 Å². The minimum absolute atomic E-state index is 0.0433. The number of methoxy groups -OCH3 is 2. The van der Waals surface area contributed by atoms with Gasteiger partial charge in [0.15, 0.2) is 0 Å². The van der Waals surface area contributed by atoms with E-state index in [9.17, 15) is 18.0 Å². The average Bonchev–Trinajstić information content (AvgIpc) is 2.50. The van der Waals surface area contributed by atoms with Crippen molar-refractivity contribution in [2.45, 2.75) is 18.6 Å². The van der Waals surface area contributed by atoms with Crippen LogP contribution in [0.5, 0.6) is 11.5 Å². The van der Waals surface area contributed by atoms with Crippen LogP contribution in [0.4, 0.5) is 13.2 Å². The first-order valence-corrected chi connectivity index (χ1v) is 6.58. The van der Waals surface area contributed by atoms with Gasteiger partial charge in [0.1, 0.15) is 11.5 Å². The van der Waals surface area contributed by atoms with Crippen molar-refractivity contribution in [1.29, 1.82) is 0 Å². The molecule has 0 fully saturated rings. The number of carbonyl (C=O) groups is 1. The third kappa shape index (κ3) is 2.75. The summed E-state index contributed by atoms with van der Waals surface area (Å²) in [6.45, 7) is 3.52. The summed E-state index contributed by atoms with van der Waals surface area (Å²) in [5.41, 5.74) is 1.30. The maximum Gasteiger partial charge on any atom is 0.471 e. The Labute approximate surface area is 126 Å². The fourth-order valence-corrected chi connectivity index (χ4v) is 2.66. The topological polar surface area (TPSA) is 38.8 Å². The van der Waals surface area contributed by atoms with Crippen LogP contribution in [0.1, 0.15) is 17.2 Å². The van der Waals surface area contributed by atoms with Crippen molar-refractivity contribution < 1.29 is 27.4 Å². The van der Waals surface area contributed by atoms with Crippen LogP contribution in [-0.2, 0) is 11.2 Å². The largest absolute Gasteiger partial charge is 0.497 e. The zero-order chi connectivity index (χ0) is 16.5. The van der Waals surface area contributed by atoms with Gasteiger partial charge in [0.05, 0.1) is 20.3 Å². The Morgan fingerprint density at radius 3 is 2.55 bits per heavy atom. The number of alkyl halides is 3. The summed E-state index contributed by atoms with van der Waals surface area (Å²) in [6.07, 6.45) is -3.32. The zero-order valence-electron chi connectivity index (χ0n) is 12.2. The lowest BCUT2D eigenvalue weighted by atomic mass is 9.91. The molecule has 0 spiro atoms. The molecule has 7 heteroatoms. The first-order chi connectivity index (χ1) is 10.3. The summed E-state index contributed by atoms with van der Waals surface area (Å²) >= 11 is 0.